The summed E-state index contributed by atoms with van der Waals surface area (Å²) in [4.78, 5) is 20.9. The number of pyridine rings is 1. The van der Waals surface area contributed by atoms with Crippen LogP contribution in [0.25, 0.3) is 123 Å². The summed E-state index contributed by atoms with van der Waals surface area (Å²) >= 11 is 0. The molecule has 0 saturated heterocycles. The Balaban J connectivity index is 1.02. The van der Waals surface area contributed by atoms with Crippen LogP contribution in [0, 0.1) is 0 Å². The first kappa shape index (κ1) is 39.1. The second kappa shape index (κ2) is 16.3. The molecule has 13 rings (SSSR count). The number of rotatable bonds is 8. The lowest BCUT2D eigenvalue weighted by molar-refractivity contribution is 0.953. The van der Waals surface area contributed by atoms with Gasteiger partial charge < -0.3 is 4.57 Å². The quantitative estimate of drug-likeness (QED) is 0.153. The first-order chi connectivity index (χ1) is 33.7. The molecule has 0 atom stereocenters. The van der Waals surface area contributed by atoms with E-state index in [2.05, 4.69) is 215 Å². The number of hydrogen-bond donors (Lipinski definition) is 0. The predicted molar refractivity (Wildman–Crippen MR) is 279 cm³/mol. The molecule has 0 fully saturated rings. The van der Waals surface area contributed by atoms with Gasteiger partial charge in [-0.05, 0) is 76.9 Å². The van der Waals surface area contributed by atoms with Gasteiger partial charge in [0, 0.05) is 49.5 Å². The van der Waals surface area contributed by atoms with E-state index in [1.54, 1.807) is 0 Å². The fourth-order valence-electron chi connectivity index (χ4n) is 9.83. The smallest absolute Gasteiger partial charge is 0.238 e. The summed E-state index contributed by atoms with van der Waals surface area (Å²) in [5, 5.41) is 4.61. The molecule has 0 N–H and O–H groups in total. The Bertz CT molecular complexity index is 3950. The van der Waals surface area contributed by atoms with Gasteiger partial charge in [0.1, 0.15) is 0 Å². The molecule has 4 heterocycles. The zero-order chi connectivity index (χ0) is 45.0. The van der Waals surface area contributed by atoms with Crippen molar-refractivity contribution in [2.24, 2.45) is 0 Å². The van der Waals surface area contributed by atoms with Crippen LogP contribution in [-0.4, -0.2) is 29.1 Å². The van der Waals surface area contributed by atoms with E-state index >= 15 is 0 Å². The van der Waals surface area contributed by atoms with Crippen LogP contribution < -0.4 is 0 Å². The fourth-order valence-corrected chi connectivity index (χ4v) is 9.83. The molecule has 9 aromatic carbocycles. The molecule has 0 spiro atoms. The third kappa shape index (κ3) is 6.74. The van der Waals surface area contributed by atoms with Crippen LogP contribution in [0.3, 0.4) is 0 Å². The van der Waals surface area contributed by atoms with E-state index in [0.29, 0.717) is 17.6 Å². The Morgan fingerprint density at radius 1 is 0.250 bits per heavy atom. The first-order valence-corrected chi connectivity index (χ1v) is 22.9. The summed E-state index contributed by atoms with van der Waals surface area (Å²) in [6.07, 6.45) is 0. The summed E-state index contributed by atoms with van der Waals surface area (Å²) in [7, 11) is 0. The zero-order valence-electron chi connectivity index (χ0n) is 36.8. The number of aromatic nitrogens is 6. The highest BCUT2D eigenvalue weighted by molar-refractivity contribution is 6.28. The molecular formula is C62H40N6. The molecule has 6 heteroatoms. The summed E-state index contributed by atoms with van der Waals surface area (Å²) in [5.41, 5.74) is 15.7. The molecule has 0 radical (unpaired) electrons. The van der Waals surface area contributed by atoms with Crippen molar-refractivity contribution < 1.29 is 0 Å². The molecule has 68 heavy (non-hydrogen) atoms. The van der Waals surface area contributed by atoms with Gasteiger partial charge in [0.25, 0.3) is 0 Å². The Kier molecular flexibility index (Phi) is 9.39. The Morgan fingerprint density at radius 2 is 0.691 bits per heavy atom. The minimum atomic E-state index is 0.558. The van der Waals surface area contributed by atoms with Crippen LogP contribution in [0.2, 0.25) is 0 Å². The van der Waals surface area contributed by atoms with E-state index in [-0.39, 0.29) is 0 Å². The lowest BCUT2D eigenvalue weighted by atomic mass is 9.99. The van der Waals surface area contributed by atoms with E-state index in [1.807, 2.05) is 36.4 Å². The fraction of sp³-hybridized carbons (Fsp3) is 0. The average Bonchev–Trinajstić information content (AvgIpc) is 3.95. The number of fused-ring (bicyclic) bond motifs is 7. The van der Waals surface area contributed by atoms with E-state index in [4.69, 9.17) is 19.9 Å². The molecule has 0 aliphatic carbocycles. The van der Waals surface area contributed by atoms with Crippen molar-refractivity contribution in [2.45, 2.75) is 0 Å². The lowest BCUT2D eigenvalue weighted by Crippen LogP contribution is -2.06. The maximum atomic E-state index is 5.32. The first-order valence-electron chi connectivity index (χ1n) is 22.9. The van der Waals surface area contributed by atoms with Crippen LogP contribution in [0.5, 0.6) is 0 Å². The van der Waals surface area contributed by atoms with Crippen molar-refractivity contribution in [3.63, 3.8) is 0 Å². The van der Waals surface area contributed by atoms with Crippen molar-refractivity contribution >= 4 is 43.6 Å². The number of para-hydroxylation sites is 2. The van der Waals surface area contributed by atoms with Crippen LogP contribution in [0.15, 0.2) is 243 Å². The number of nitrogens with zero attached hydrogens (tertiary/aromatic N) is 6. The highest BCUT2D eigenvalue weighted by Crippen LogP contribution is 2.43. The van der Waals surface area contributed by atoms with E-state index in [9.17, 15) is 0 Å². The Labute approximate surface area is 392 Å². The molecule has 13 aromatic rings. The Hall–Kier alpha value is -9.26. The number of benzene rings is 9. The van der Waals surface area contributed by atoms with Crippen molar-refractivity contribution in [3.05, 3.63) is 243 Å². The van der Waals surface area contributed by atoms with Gasteiger partial charge in [-0.25, -0.2) is 9.97 Å². The second-order valence-corrected chi connectivity index (χ2v) is 17.1. The van der Waals surface area contributed by atoms with Gasteiger partial charge in [-0.2, -0.15) is 9.97 Å². The lowest BCUT2D eigenvalue weighted by Gasteiger charge is -2.13. The Morgan fingerprint density at radius 3 is 1.29 bits per heavy atom. The SMILES string of the molecule is c1ccc(-c2cccc(-c3nc(-c4ccccc4)nc(-n4c5ccccc5c5c6c7ccccc7n(-c7cccc(-c8cc(-c9ccccc9)nc(-c9ccccc9)c8)c7)c6ccc54)n3)c2)cc1. The van der Waals surface area contributed by atoms with Gasteiger partial charge in [0.05, 0.1) is 33.5 Å². The third-order valence-corrected chi connectivity index (χ3v) is 13.0. The van der Waals surface area contributed by atoms with Gasteiger partial charge in [0.2, 0.25) is 5.95 Å². The monoisotopic (exact) mass is 868 g/mol. The molecule has 318 valence electrons. The molecule has 0 aliphatic rings. The van der Waals surface area contributed by atoms with Gasteiger partial charge in [-0.3, -0.25) is 4.57 Å². The van der Waals surface area contributed by atoms with Crippen LogP contribution in [0.4, 0.5) is 0 Å². The second-order valence-electron chi connectivity index (χ2n) is 17.1. The van der Waals surface area contributed by atoms with E-state index in [1.165, 1.54) is 10.8 Å². The summed E-state index contributed by atoms with van der Waals surface area (Å²) in [5.74, 6) is 1.78. The zero-order valence-corrected chi connectivity index (χ0v) is 36.8. The summed E-state index contributed by atoms with van der Waals surface area (Å²) in [6.45, 7) is 0. The summed E-state index contributed by atoms with van der Waals surface area (Å²) in [6, 6.07) is 85.1. The average molecular weight is 869 g/mol. The van der Waals surface area contributed by atoms with Crippen molar-refractivity contribution in [1.82, 2.24) is 29.1 Å². The normalized spacial score (nSPS) is 11.5. The minimum Gasteiger partial charge on any atom is -0.309 e. The molecule has 0 saturated carbocycles. The standard InChI is InChI=1S/C62H40N6/c1-5-19-41(20-6-1)45-27-17-29-47(37-45)61-64-60(44-25-11-4-12-26-44)65-62(66-61)68-55-34-16-14-32-51(55)59-57(68)36-35-56-58(59)50-31-13-15-33-54(50)67(56)49-30-18-28-46(38-49)48-39-52(42-21-7-2-8-22-42)63-53(40-48)43-23-9-3-10-24-43/h1-40H. The van der Waals surface area contributed by atoms with Crippen LogP contribution in [-0.2, 0) is 0 Å². The largest absolute Gasteiger partial charge is 0.309 e. The van der Waals surface area contributed by atoms with Crippen molar-refractivity contribution in [3.8, 4) is 79.2 Å². The predicted octanol–water partition coefficient (Wildman–Crippen LogP) is 15.5. The third-order valence-electron chi connectivity index (χ3n) is 13.0. The van der Waals surface area contributed by atoms with E-state index in [0.717, 1.165) is 94.4 Å². The van der Waals surface area contributed by atoms with Crippen LogP contribution in [0.1, 0.15) is 0 Å². The van der Waals surface area contributed by atoms with Crippen molar-refractivity contribution in [2.75, 3.05) is 0 Å². The molecular weight excluding hydrogens is 829 g/mol. The van der Waals surface area contributed by atoms with Gasteiger partial charge in [-0.15, -0.1) is 0 Å². The van der Waals surface area contributed by atoms with Gasteiger partial charge in [-0.1, -0.05) is 188 Å². The molecule has 0 aliphatic heterocycles. The highest BCUT2D eigenvalue weighted by Gasteiger charge is 2.23. The maximum Gasteiger partial charge on any atom is 0.238 e. The molecule has 0 bridgehead atoms. The highest BCUT2D eigenvalue weighted by atomic mass is 15.2. The molecule has 6 nitrogen and oxygen atoms in total. The van der Waals surface area contributed by atoms with Crippen LogP contribution >= 0.6 is 0 Å². The minimum absolute atomic E-state index is 0.558. The van der Waals surface area contributed by atoms with E-state index < -0.39 is 0 Å². The summed E-state index contributed by atoms with van der Waals surface area (Å²) < 4.78 is 4.62. The molecule has 0 unspecified atom stereocenters. The molecule has 0 amide bonds. The van der Waals surface area contributed by atoms with Crippen molar-refractivity contribution in [1.29, 1.82) is 0 Å². The van der Waals surface area contributed by atoms with Gasteiger partial charge in [0.15, 0.2) is 11.6 Å². The van der Waals surface area contributed by atoms with Gasteiger partial charge >= 0.3 is 0 Å². The number of hydrogen-bond acceptors (Lipinski definition) is 4. The molecule has 4 aromatic heterocycles. The maximum absolute atomic E-state index is 5.32. The topological polar surface area (TPSA) is 61.4 Å².